The fourth-order valence-corrected chi connectivity index (χ4v) is 3.21. The van der Waals surface area contributed by atoms with Crippen LogP contribution in [0.15, 0.2) is 18.2 Å². The Hall–Kier alpha value is -1.17. The number of methoxy groups -OCH3 is 1. The first kappa shape index (κ1) is 14.8. The van der Waals surface area contributed by atoms with Crippen LogP contribution in [0.2, 0.25) is 0 Å². The van der Waals surface area contributed by atoms with E-state index in [1.807, 2.05) is 13.1 Å². The van der Waals surface area contributed by atoms with Gasteiger partial charge in [-0.1, -0.05) is 6.07 Å². The molecule has 3 rings (SSSR count). The van der Waals surface area contributed by atoms with Gasteiger partial charge in [0.2, 0.25) is 0 Å². The molecular weight excluding hydrogens is 271 g/mol. The zero-order valence-electron chi connectivity index (χ0n) is 12.6. The predicted octanol–water partition coefficient (Wildman–Crippen LogP) is 1.96. The van der Waals surface area contributed by atoms with Gasteiger partial charge in [-0.05, 0) is 37.6 Å². The molecule has 1 aliphatic heterocycles. The minimum absolute atomic E-state index is 0.0529. The third kappa shape index (κ3) is 3.05. The van der Waals surface area contributed by atoms with Crippen LogP contribution < -0.4 is 10.1 Å². The van der Waals surface area contributed by atoms with Crippen LogP contribution in [-0.4, -0.2) is 50.9 Å². The lowest BCUT2D eigenvalue weighted by molar-refractivity contribution is -0.0740. The standard InChI is InChI=1S/C16H23FN2O2/c1-18-10-15-16(19(7-8-21-15)12-4-5-12)11-3-6-14(20-2)13(17)9-11/h3,6,9,12,15-16,18H,4-5,7-8,10H2,1-2H3. The summed E-state index contributed by atoms with van der Waals surface area (Å²) in [4.78, 5) is 2.48. The molecule has 1 aromatic carbocycles. The van der Waals surface area contributed by atoms with Crippen molar-refractivity contribution < 1.29 is 13.9 Å². The maximum atomic E-state index is 14.1. The Labute approximate surface area is 125 Å². The summed E-state index contributed by atoms with van der Waals surface area (Å²) in [6.07, 6.45) is 2.53. The van der Waals surface area contributed by atoms with E-state index in [-0.39, 0.29) is 18.0 Å². The summed E-state index contributed by atoms with van der Waals surface area (Å²) in [5, 5.41) is 3.18. The van der Waals surface area contributed by atoms with Gasteiger partial charge in [0.05, 0.1) is 25.9 Å². The molecule has 1 aromatic rings. The Morgan fingerprint density at radius 1 is 1.43 bits per heavy atom. The van der Waals surface area contributed by atoms with Gasteiger partial charge < -0.3 is 14.8 Å². The molecule has 2 fully saturated rings. The molecule has 21 heavy (non-hydrogen) atoms. The van der Waals surface area contributed by atoms with Crippen LogP contribution in [0.5, 0.6) is 5.75 Å². The van der Waals surface area contributed by atoms with Crippen molar-refractivity contribution in [1.82, 2.24) is 10.2 Å². The van der Waals surface area contributed by atoms with Crippen LogP contribution in [0.4, 0.5) is 4.39 Å². The van der Waals surface area contributed by atoms with Crippen LogP contribution in [0, 0.1) is 5.82 Å². The number of rotatable bonds is 5. The Balaban J connectivity index is 1.90. The highest BCUT2D eigenvalue weighted by atomic mass is 19.1. The third-order valence-corrected chi connectivity index (χ3v) is 4.33. The summed E-state index contributed by atoms with van der Waals surface area (Å²) in [7, 11) is 3.41. The first-order valence-electron chi connectivity index (χ1n) is 7.60. The Morgan fingerprint density at radius 2 is 2.24 bits per heavy atom. The Bertz CT molecular complexity index is 491. The van der Waals surface area contributed by atoms with E-state index in [0.717, 1.165) is 25.3 Å². The second-order valence-electron chi connectivity index (χ2n) is 5.77. The van der Waals surface area contributed by atoms with E-state index < -0.39 is 0 Å². The highest BCUT2D eigenvalue weighted by Crippen LogP contribution is 2.39. The molecular formula is C16H23FN2O2. The van der Waals surface area contributed by atoms with Crippen LogP contribution in [0.1, 0.15) is 24.4 Å². The Kier molecular flexibility index (Phi) is 4.42. The van der Waals surface area contributed by atoms with Gasteiger partial charge in [-0.2, -0.15) is 0 Å². The second kappa shape index (κ2) is 6.30. The molecule has 0 amide bonds. The summed E-state index contributed by atoms with van der Waals surface area (Å²) in [5.41, 5.74) is 0.972. The van der Waals surface area contributed by atoms with Gasteiger partial charge in [-0.15, -0.1) is 0 Å². The van der Waals surface area contributed by atoms with Crippen molar-refractivity contribution in [2.75, 3.05) is 33.9 Å². The van der Waals surface area contributed by atoms with Crippen molar-refractivity contribution in [3.8, 4) is 5.75 Å². The first-order valence-corrected chi connectivity index (χ1v) is 7.60. The zero-order chi connectivity index (χ0) is 14.8. The van der Waals surface area contributed by atoms with Gasteiger partial charge >= 0.3 is 0 Å². The number of nitrogens with one attached hydrogen (secondary N) is 1. The van der Waals surface area contributed by atoms with Crippen LogP contribution in [0.3, 0.4) is 0 Å². The van der Waals surface area contributed by atoms with Crippen molar-refractivity contribution in [3.63, 3.8) is 0 Å². The molecule has 0 bridgehead atoms. The van der Waals surface area contributed by atoms with E-state index >= 15 is 0 Å². The molecule has 0 spiro atoms. The monoisotopic (exact) mass is 294 g/mol. The first-order chi connectivity index (χ1) is 10.2. The lowest BCUT2D eigenvalue weighted by Crippen LogP contribution is -2.49. The molecule has 1 heterocycles. The van der Waals surface area contributed by atoms with E-state index in [9.17, 15) is 4.39 Å². The quantitative estimate of drug-likeness (QED) is 0.900. The summed E-state index contributed by atoms with van der Waals surface area (Å²) in [6.45, 7) is 2.43. The van der Waals surface area contributed by atoms with E-state index in [1.165, 1.54) is 20.0 Å². The van der Waals surface area contributed by atoms with Crippen molar-refractivity contribution in [2.24, 2.45) is 0 Å². The van der Waals surface area contributed by atoms with Gasteiger partial charge in [0.15, 0.2) is 11.6 Å². The number of benzene rings is 1. The normalized spacial score (nSPS) is 26.8. The highest BCUT2D eigenvalue weighted by molar-refractivity contribution is 5.32. The smallest absolute Gasteiger partial charge is 0.165 e. The maximum Gasteiger partial charge on any atom is 0.165 e. The average Bonchev–Trinajstić information content (AvgIpc) is 3.32. The van der Waals surface area contributed by atoms with Crippen molar-refractivity contribution in [1.29, 1.82) is 0 Å². The van der Waals surface area contributed by atoms with Crippen molar-refractivity contribution in [3.05, 3.63) is 29.6 Å². The largest absolute Gasteiger partial charge is 0.494 e. The molecule has 116 valence electrons. The molecule has 1 saturated heterocycles. The summed E-state index contributed by atoms with van der Waals surface area (Å²) in [6, 6.07) is 6.00. The molecule has 1 N–H and O–H groups in total. The van der Waals surface area contributed by atoms with E-state index in [0.29, 0.717) is 11.8 Å². The van der Waals surface area contributed by atoms with Crippen LogP contribution >= 0.6 is 0 Å². The summed E-state index contributed by atoms with van der Waals surface area (Å²) >= 11 is 0. The number of morpholine rings is 1. The lowest BCUT2D eigenvalue weighted by Gasteiger charge is -2.42. The molecule has 0 aromatic heterocycles. The SMILES string of the molecule is CNCC1OCCN(C2CC2)C1c1ccc(OC)c(F)c1. The molecule has 2 atom stereocenters. The number of nitrogens with zero attached hydrogens (tertiary/aromatic N) is 1. The minimum atomic E-state index is -0.306. The summed E-state index contributed by atoms with van der Waals surface area (Å²) < 4.78 is 25.0. The fourth-order valence-electron chi connectivity index (χ4n) is 3.21. The average molecular weight is 294 g/mol. The molecule has 5 heteroatoms. The van der Waals surface area contributed by atoms with Gasteiger partial charge in [-0.3, -0.25) is 4.90 Å². The maximum absolute atomic E-state index is 14.1. The molecule has 4 nitrogen and oxygen atoms in total. The predicted molar refractivity (Wildman–Crippen MR) is 79.1 cm³/mol. The van der Waals surface area contributed by atoms with Crippen molar-refractivity contribution in [2.45, 2.75) is 31.0 Å². The summed E-state index contributed by atoms with van der Waals surface area (Å²) in [5.74, 6) is -0.0156. The van der Waals surface area contributed by atoms with Gasteiger partial charge in [-0.25, -0.2) is 4.39 Å². The lowest BCUT2D eigenvalue weighted by atomic mass is 9.97. The molecule has 0 radical (unpaired) electrons. The topological polar surface area (TPSA) is 33.7 Å². The number of ether oxygens (including phenoxy) is 2. The van der Waals surface area contributed by atoms with Crippen molar-refractivity contribution >= 4 is 0 Å². The number of hydrogen-bond acceptors (Lipinski definition) is 4. The molecule has 1 saturated carbocycles. The molecule has 2 unspecified atom stereocenters. The zero-order valence-corrected chi connectivity index (χ0v) is 12.6. The van der Waals surface area contributed by atoms with Crippen LogP contribution in [0.25, 0.3) is 0 Å². The van der Waals surface area contributed by atoms with E-state index in [1.54, 1.807) is 12.1 Å². The number of hydrogen-bond donors (Lipinski definition) is 1. The molecule has 1 aliphatic carbocycles. The number of likely N-dealkylation sites (N-methyl/N-ethyl adjacent to an activating group) is 1. The van der Waals surface area contributed by atoms with Gasteiger partial charge in [0, 0.05) is 19.1 Å². The Morgan fingerprint density at radius 3 is 2.86 bits per heavy atom. The second-order valence-corrected chi connectivity index (χ2v) is 5.77. The third-order valence-electron chi connectivity index (χ3n) is 4.33. The molecule has 2 aliphatic rings. The van der Waals surface area contributed by atoms with Gasteiger partial charge in [0.1, 0.15) is 0 Å². The fraction of sp³-hybridized carbons (Fsp3) is 0.625. The van der Waals surface area contributed by atoms with E-state index in [2.05, 4.69) is 10.2 Å². The van der Waals surface area contributed by atoms with Crippen LogP contribution in [-0.2, 0) is 4.74 Å². The highest BCUT2D eigenvalue weighted by Gasteiger charge is 2.41. The minimum Gasteiger partial charge on any atom is -0.494 e. The number of halogens is 1. The van der Waals surface area contributed by atoms with Gasteiger partial charge in [0.25, 0.3) is 0 Å². The van der Waals surface area contributed by atoms with E-state index in [4.69, 9.17) is 9.47 Å².